The van der Waals surface area contributed by atoms with E-state index in [1.807, 2.05) is 0 Å². The largest absolute Gasteiger partial charge is 0.457 e. The summed E-state index contributed by atoms with van der Waals surface area (Å²) in [5, 5.41) is 28.7. The average molecular weight is 540 g/mol. The number of amides is 3. The van der Waals surface area contributed by atoms with E-state index in [0.717, 1.165) is 25.7 Å². The van der Waals surface area contributed by atoms with Crippen LogP contribution in [0.3, 0.4) is 0 Å². The Bertz CT molecular complexity index is 814. The number of carbonyl (C=O) groups is 4. The van der Waals surface area contributed by atoms with Gasteiger partial charge in [0, 0.05) is 5.92 Å². The fourth-order valence-corrected chi connectivity index (χ4v) is 4.52. The van der Waals surface area contributed by atoms with Crippen LogP contribution >= 0.6 is 0 Å². The maximum atomic E-state index is 13.1. The molecule has 38 heavy (non-hydrogen) atoms. The maximum absolute atomic E-state index is 13.1. The van der Waals surface area contributed by atoms with E-state index in [1.165, 1.54) is 26.2 Å². The lowest BCUT2D eigenvalue weighted by Gasteiger charge is -2.32. The van der Waals surface area contributed by atoms with Crippen molar-refractivity contribution >= 4 is 23.7 Å². The summed E-state index contributed by atoms with van der Waals surface area (Å²) in [6.07, 6.45) is 4.71. The van der Waals surface area contributed by atoms with E-state index in [4.69, 9.17) is 4.74 Å². The highest BCUT2D eigenvalue weighted by Gasteiger charge is 2.38. The van der Waals surface area contributed by atoms with Crippen LogP contribution in [0.2, 0.25) is 0 Å². The standard InChI is InChI=1S/C28H49N3O7/c1-8-9-10-11-12-13-14-15-21-17(4)24(33)18(5)25(34)30-22(16(2)3)26(35)31-23(20(7)32)27(36)29-19(6)28(37)38-21/h16-18,20-24,32-33H,6,8-15H2,1-5,7H3,(H,29,36)(H,30,34)(H,31,35)/t17-,18-,20+,21-,22+,23+,24-/m1/s1. The molecule has 0 bridgehead atoms. The molecule has 218 valence electrons. The van der Waals surface area contributed by atoms with Gasteiger partial charge in [0.2, 0.25) is 17.7 Å². The van der Waals surface area contributed by atoms with Gasteiger partial charge in [0.05, 0.1) is 18.1 Å². The molecule has 7 atom stereocenters. The summed E-state index contributed by atoms with van der Waals surface area (Å²) >= 11 is 0. The maximum Gasteiger partial charge on any atom is 0.354 e. The van der Waals surface area contributed by atoms with Crippen molar-refractivity contribution in [3.63, 3.8) is 0 Å². The third kappa shape index (κ3) is 10.4. The Balaban J connectivity index is 3.21. The van der Waals surface area contributed by atoms with Crippen LogP contribution in [0.25, 0.3) is 0 Å². The molecule has 1 fully saturated rings. The summed E-state index contributed by atoms with van der Waals surface area (Å²) in [6.45, 7) is 13.8. The second kappa shape index (κ2) is 16.5. The van der Waals surface area contributed by atoms with Crippen molar-refractivity contribution in [2.24, 2.45) is 17.8 Å². The number of cyclic esters (lactones) is 1. The number of aliphatic hydroxyl groups excluding tert-OH is 2. The number of hydrogen-bond acceptors (Lipinski definition) is 7. The monoisotopic (exact) mass is 539 g/mol. The zero-order valence-electron chi connectivity index (χ0n) is 23.9. The van der Waals surface area contributed by atoms with E-state index in [1.54, 1.807) is 27.7 Å². The van der Waals surface area contributed by atoms with Gasteiger partial charge in [-0.15, -0.1) is 0 Å². The number of unbranched alkanes of at least 4 members (excludes halogenated alkanes) is 6. The van der Waals surface area contributed by atoms with Gasteiger partial charge in [-0.25, -0.2) is 4.79 Å². The van der Waals surface area contributed by atoms with Gasteiger partial charge >= 0.3 is 5.97 Å². The first-order chi connectivity index (χ1) is 17.8. The third-order valence-corrected chi connectivity index (χ3v) is 7.23. The molecule has 0 unspecified atom stereocenters. The molecular weight excluding hydrogens is 490 g/mol. The van der Waals surface area contributed by atoms with Gasteiger partial charge in [0.25, 0.3) is 0 Å². The van der Waals surface area contributed by atoms with Gasteiger partial charge in [0.15, 0.2) is 0 Å². The van der Waals surface area contributed by atoms with Crippen LogP contribution in [0.1, 0.15) is 92.9 Å². The molecule has 10 nitrogen and oxygen atoms in total. The minimum atomic E-state index is -1.40. The minimum Gasteiger partial charge on any atom is -0.457 e. The predicted molar refractivity (Wildman–Crippen MR) is 144 cm³/mol. The normalized spacial score (nSPS) is 29.0. The number of ether oxygens (including phenoxy) is 1. The molecule has 1 saturated heterocycles. The van der Waals surface area contributed by atoms with Gasteiger partial charge in [0.1, 0.15) is 23.9 Å². The van der Waals surface area contributed by atoms with E-state index < -0.39 is 65.9 Å². The SMILES string of the molecule is C=C1NC(=O)[C@H]([C@H](C)O)NC(=O)[C@H](C(C)C)NC(=O)[C@H](C)[C@H](O)[C@H](C)[C@@H](CCCCCCCCC)OC1=O. The van der Waals surface area contributed by atoms with E-state index in [-0.39, 0.29) is 11.6 Å². The van der Waals surface area contributed by atoms with E-state index in [2.05, 4.69) is 29.5 Å². The molecule has 1 heterocycles. The van der Waals surface area contributed by atoms with Crippen molar-refractivity contribution in [1.29, 1.82) is 0 Å². The highest BCUT2D eigenvalue weighted by Crippen LogP contribution is 2.25. The van der Waals surface area contributed by atoms with Crippen LogP contribution in [0.4, 0.5) is 0 Å². The first kappa shape index (κ1) is 33.6. The second-order valence-corrected chi connectivity index (χ2v) is 10.9. The van der Waals surface area contributed by atoms with E-state index >= 15 is 0 Å². The highest BCUT2D eigenvalue weighted by atomic mass is 16.5. The molecule has 0 radical (unpaired) electrons. The van der Waals surface area contributed by atoms with Crippen molar-refractivity contribution < 1.29 is 34.1 Å². The zero-order chi connectivity index (χ0) is 29.0. The Hall–Kier alpha value is -2.46. The molecule has 1 aliphatic rings. The lowest BCUT2D eigenvalue weighted by Crippen LogP contribution is -2.59. The smallest absolute Gasteiger partial charge is 0.354 e. The number of hydrogen-bond donors (Lipinski definition) is 5. The fraction of sp³-hybridized carbons (Fsp3) is 0.786. The molecule has 10 heteroatoms. The molecule has 0 aromatic heterocycles. The van der Waals surface area contributed by atoms with E-state index in [9.17, 15) is 29.4 Å². The number of nitrogens with one attached hydrogen (secondary N) is 3. The first-order valence-electron chi connectivity index (χ1n) is 14.0. The number of carbonyl (C=O) groups excluding carboxylic acids is 4. The summed E-state index contributed by atoms with van der Waals surface area (Å²) in [4.78, 5) is 51.7. The Labute approximate surface area is 227 Å². The molecule has 0 aromatic rings. The highest BCUT2D eigenvalue weighted by molar-refractivity contribution is 5.97. The fourth-order valence-electron chi connectivity index (χ4n) is 4.52. The number of aliphatic hydroxyl groups is 2. The summed E-state index contributed by atoms with van der Waals surface area (Å²) < 4.78 is 5.68. The summed E-state index contributed by atoms with van der Waals surface area (Å²) in [5.41, 5.74) is -0.348. The quantitative estimate of drug-likeness (QED) is 0.162. The summed E-state index contributed by atoms with van der Waals surface area (Å²) in [5.74, 6) is -4.81. The van der Waals surface area contributed by atoms with Crippen LogP contribution in [0, 0.1) is 17.8 Å². The number of esters is 1. The van der Waals surface area contributed by atoms with Crippen molar-refractivity contribution in [1.82, 2.24) is 16.0 Å². The Morgan fingerprint density at radius 1 is 0.868 bits per heavy atom. The van der Waals surface area contributed by atoms with Gasteiger partial charge in [-0.1, -0.05) is 79.7 Å². The Kier molecular flexibility index (Phi) is 14.6. The van der Waals surface area contributed by atoms with Crippen LogP contribution in [0.15, 0.2) is 12.3 Å². The van der Waals surface area contributed by atoms with E-state index in [0.29, 0.717) is 6.42 Å². The lowest BCUT2D eigenvalue weighted by atomic mass is 9.86. The summed E-state index contributed by atoms with van der Waals surface area (Å²) in [6, 6.07) is -2.42. The average Bonchev–Trinajstić information content (AvgIpc) is 2.86. The van der Waals surface area contributed by atoms with Crippen molar-refractivity contribution in [3.05, 3.63) is 12.3 Å². The first-order valence-corrected chi connectivity index (χ1v) is 14.0. The molecule has 3 amide bonds. The Morgan fingerprint density at radius 3 is 1.97 bits per heavy atom. The van der Waals surface area contributed by atoms with Gasteiger partial charge < -0.3 is 30.9 Å². The van der Waals surface area contributed by atoms with Gasteiger partial charge in [-0.3, -0.25) is 14.4 Å². The van der Waals surface area contributed by atoms with Crippen molar-refractivity contribution in [2.75, 3.05) is 0 Å². The lowest BCUT2D eigenvalue weighted by molar-refractivity contribution is -0.152. The molecule has 0 aromatic carbocycles. The van der Waals surface area contributed by atoms with Crippen LogP contribution in [0.5, 0.6) is 0 Å². The van der Waals surface area contributed by atoms with Crippen LogP contribution in [-0.2, 0) is 23.9 Å². The second-order valence-electron chi connectivity index (χ2n) is 10.9. The summed E-state index contributed by atoms with van der Waals surface area (Å²) in [7, 11) is 0. The molecule has 0 spiro atoms. The van der Waals surface area contributed by atoms with Crippen LogP contribution in [-0.4, -0.2) is 64.3 Å². The van der Waals surface area contributed by atoms with Gasteiger partial charge in [-0.2, -0.15) is 0 Å². The molecule has 1 aliphatic heterocycles. The molecule has 5 N–H and O–H groups in total. The van der Waals surface area contributed by atoms with Crippen LogP contribution < -0.4 is 16.0 Å². The molecular formula is C28H49N3O7. The molecule has 0 saturated carbocycles. The van der Waals surface area contributed by atoms with Gasteiger partial charge in [-0.05, 0) is 25.7 Å². The minimum absolute atomic E-state index is 0.348. The van der Waals surface area contributed by atoms with Crippen molar-refractivity contribution in [3.8, 4) is 0 Å². The molecule has 1 rings (SSSR count). The Morgan fingerprint density at radius 2 is 1.42 bits per heavy atom. The number of rotatable bonds is 10. The zero-order valence-corrected chi connectivity index (χ0v) is 23.9. The third-order valence-electron chi connectivity index (χ3n) is 7.23. The predicted octanol–water partition coefficient (Wildman–Crippen LogP) is 2.32. The topological polar surface area (TPSA) is 154 Å². The van der Waals surface area contributed by atoms with Crippen molar-refractivity contribution in [2.45, 2.75) is 123 Å². The molecule has 0 aliphatic carbocycles.